The van der Waals surface area contributed by atoms with E-state index < -0.39 is 0 Å². The summed E-state index contributed by atoms with van der Waals surface area (Å²) in [6.07, 6.45) is 1.66. The summed E-state index contributed by atoms with van der Waals surface area (Å²) in [5.74, 6) is -0.407. The first-order chi connectivity index (χ1) is 11.6. The molecule has 2 aromatic carbocycles. The molecule has 0 aromatic heterocycles. The minimum Gasteiger partial charge on any atom is -0.466 e. The lowest BCUT2D eigenvalue weighted by molar-refractivity contribution is -0.143. The number of carbonyl (C=O) groups is 2. The van der Waals surface area contributed by atoms with E-state index in [0.29, 0.717) is 42.8 Å². The van der Waals surface area contributed by atoms with E-state index in [-0.39, 0.29) is 24.3 Å². The van der Waals surface area contributed by atoms with Gasteiger partial charge in [-0.25, -0.2) is 0 Å². The molecule has 0 saturated carbocycles. The van der Waals surface area contributed by atoms with Crippen molar-refractivity contribution in [1.82, 2.24) is 0 Å². The fraction of sp³-hybridized carbons (Fsp3) is 0.263. The zero-order valence-corrected chi connectivity index (χ0v) is 15.0. The van der Waals surface area contributed by atoms with E-state index in [1.54, 1.807) is 25.1 Å². The summed E-state index contributed by atoms with van der Waals surface area (Å²) in [6.45, 7) is 2.18. The highest BCUT2D eigenvalue weighted by Crippen LogP contribution is 2.25. The van der Waals surface area contributed by atoms with E-state index in [9.17, 15) is 9.59 Å². The molecule has 0 radical (unpaired) electrons. The van der Waals surface area contributed by atoms with Gasteiger partial charge in [0, 0.05) is 12.0 Å². The number of nitrogen functional groups attached to an aromatic ring is 1. The number of benzene rings is 2. The van der Waals surface area contributed by atoms with Crippen LogP contribution in [0, 0.1) is 0 Å². The minimum atomic E-state index is -0.204. The summed E-state index contributed by atoms with van der Waals surface area (Å²) < 4.78 is 4.91. The van der Waals surface area contributed by atoms with Crippen LogP contribution in [0.1, 0.15) is 35.7 Å². The average molecular weight is 363 g/mol. The van der Waals surface area contributed by atoms with Crippen molar-refractivity contribution < 1.29 is 14.3 Å². The number of ether oxygens (including phenoxy) is 1. The van der Waals surface area contributed by atoms with Crippen molar-refractivity contribution in [2.75, 3.05) is 17.7 Å². The number of carbonyl (C=O) groups excluding carboxylic acids is 2. The number of rotatable bonds is 7. The highest BCUT2D eigenvalue weighted by atomic mass is 35.5. The number of aryl methyl sites for hydroxylation is 1. The molecule has 0 atom stereocenters. The van der Waals surface area contributed by atoms with Crippen LogP contribution in [0.15, 0.2) is 48.5 Å². The van der Waals surface area contributed by atoms with Crippen molar-refractivity contribution in [2.24, 2.45) is 0 Å². The lowest BCUT2D eigenvalue weighted by atomic mass is 10.0. The molecular formula is C19H23ClN2O3. The fourth-order valence-corrected chi connectivity index (χ4v) is 2.38. The Labute approximate surface area is 154 Å². The predicted molar refractivity (Wildman–Crippen MR) is 102 cm³/mol. The predicted octanol–water partition coefficient (Wildman–Crippen LogP) is 3.83. The van der Waals surface area contributed by atoms with Crippen molar-refractivity contribution in [1.29, 1.82) is 0 Å². The van der Waals surface area contributed by atoms with E-state index in [4.69, 9.17) is 10.5 Å². The molecule has 1 amide bonds. The first-order valence-corrected chi connectivity index (χ1v) is 8.01. The van der Waals surface area contributed by atoms with Crippen LogP contribution in [-0.2, 0) is 16.0 Å². The molecule has 3 N–H and O–H groups in total. The van der Waals surface area contributed by atoms with Crippen LogP contribution in [0.25, 0.3) is 0 Å². The largest absolute Gasteiger partial charge is 0.466 e. The van der Waals surface area contributed by atoms with Gasteiger partial charge in [0.15, 0.2) is 0 Å². The summed E-state index contributed by atoms with van der Waals surface area (Å²) in [5.41, 5.74) is 8.75. The molecule has 134 valence electrons. The first-order valence-electron chi connectivity index (χ1n) is 8.01. The van der Waals surface area contributed by atoms with Gasteiger partial charge in [-0.05, 0) is 43.5 Å². The maximum absolute atomic E-state index is 12.2. The van der Waals surface area contributed by atoms with E-state index in [1.807, 2.05) is 30.3 Å². The van der Waals surface area contributed by atoms with E-state index in [2.05, 4.69) is 5.32 Å². The number of nitrogens with one attached hydrogen (secondary N) is 1. The SMILES string of the molecule is CCOC(=O)CCCc1cccc(NC(=O)c2ccccc2)c1N.Cl. The van der Waals surface area contributed by atoms with E-state index >= 15 is 0 Å². The highest BCUT2D eigenvalue weighted by molar-refractivity contribution is 6.05. The molecule has 2 rings (SSSR count). The van der Waals surface area contributed by atoms with E-state index in [1.165, 1.54) is 0 Å². The Kier molecular flexibility index (Phi) is 8.50. The van der Waals surface area contributed by atoms with Crippen molar-refractivity contribution >= 4 is 35.7 Å². The number of hydrogen-bond donors (Lipinski definition) is 2. The van der Waals surface area contributed by atoms with Crippen LogP contribution in [0.2, 0.25) is 0 Å². The number of hydrogen-bond acceptors (Lipinski definition) is 4. The van der Waals surface area contributed by atoms with Gasteiger partial charge in [0.2, 0.25) is 0 Å². The highest BCUT2D eigenvalue weighted by Gasteiger charge is 2.10. The number of nitrogens with two attached hydrogens (primary N) is 1. The molecule has 5 nitrogen and oxygen atoms in total. The van der Waals surface area contributed by atoms with Gasteiger partial charge < -0.3 is 15.8 Å². The molecule has 0 aliphatic carbocycles. The molecule has 0 spiro atoms. The van der Waals surface area contributed by atoms with Crippen molar-refractivity contribution in [2.45, 2.75) is 26.2 Å². The third kappa shape index (κ3) is 6.12. The summed E-state index contributed by atoms with van der Waals surface area (Å²) in [4.78, 5) is 23.6. The zero-order valence-electron chi connectivity index (χ0n) is 14.2. The van der Waals surface area contributed by atoms with Gasteiger partial charge in [0.05, 0.1) is 18.0 Å². The molecule has 0 heterocycles. The lowest BCUT2D eigenvalue weighted by Crippen LogP contribution is -2.13. The van der Waals surface area contributed by atoms with Gasteiger partial charge in [-0.3, -0.25) is 9.59 Å². The van der Waals surface area contributed by atoms with Crippen molar-refractivity contribution in [3.05, 3.63) is 59.7 Å². The molecule has 0 aliphatic heterocycles. The van der Waals surface area contributed by atoms with Crippen LogP contribution in [0.3, 0.4) is 0 Å². The van der Waals surface area contributed by atoms with Gasteiger partial charge in [-0.15, -0.1) is 12.4 Å². The lowest BCUT2D eigenvalue weighted by Gasteiger charge is -2.12. The Balaban J connectivity index is 0.00000312. The second kappa shape index (κ2) is 10.4. The second-order valence-corrected chi connectivity index (χ2v) is 5.36. The molecule has 0 unspecified atom stereocenters. The Morgan fingerprint density at radius 2 is 1.80 bits per heavy atom. The fourth-order valence-electron chi connectivity index (χ4n) is 2.38. The van der Waals surface area contributed by atoms with Crippen LogP contribution in [0.5, 0.6) is 0 Å². The smallest absolute Gasteiger partial charge is 0.305 e. The first kappa shape index (κ1) is 20.5. The quantitative estimate of drug-likeness (QED) is 0.579. The molecule has 0 fully saturated rings. The van der Waals surface area contributed by atoms with Gasteiger partial charge >= 0.3 is 5.97 Å². The summed E-state index contributed by atoms with van der Waals surface area (Å²) in [7, 11) is 0. The molecule has 6 heteroatoms. The number of anilines is 2. The molecule has 25 heavy (non-hydrogen) atoms. The topological polar surface area (TPSA) is 81.4 Å². The Morgan fingerprint density at radius 1 is 1.08 bits per heavy atom. The molecule has 2 aromatic rings. The maximum Gasteiger partial charge on any atom is 0.305 e. The zero-order chi connectivity index (χ0) is 17.4. The third-order valence-electron chi connectivity index (χ3n) is 3.61. The van der Waals surface area contributed by atoms with Gasteiger partial charge in [-0.1, -0.05) is 30.3 Å². The standard InChI is InChI=1S/C19H22N2O3.ClH/c1-2-24-17(22)13-7-11-14-10-6-12-16(18(14)20)21-19(23)15-8-4-3-5-9-15;/h3-6,8-10,12H,2,7,11,13,20H2,1H3,(H,21,23);1H. The molecule has 0 aliphatic rings. The molecular weight excluding hydrogens is 340 g/mol. The third-order valence-corrected chi connectivity index (χ3v) is 3.61. The normalized spacial score (nSPS) is 9.80. The second-order valence-electron chi connectivity index (χ2n) is 5.36. The Bertz CT molecular complexity index is 705. The van der Waals surface area contributed by atoms with E-state index in [0.717, 1.165) is 5.56 Å². The molecule has 0 bridgehead atoms. The number of halogens is 1. The monoisotopic (exact) mass is 362 g/mol. The Hall–Kier alpha value is -2.53. The summed E-state index contributed by atoms with van der Waals surface area (Å²) in [6, 6.07) is 14.5. The van der Waals surface area contributed by atoms with Crippen LogP contribution < -0.4 is 11.1 Å². The number of esters is 1. The van der Waals surface area contributed by atoms with Crippen LogP contribution >= 0.6 is 12.4 Å². The van der Waals surface area contributed by atoms with Crippen LogP contribution in [0.4, 0.5) is 11.4 Å². The summed E-state index contributed by atoms with van der Waals surface area (Å²) in [5, 5.41) is 2.83. The van der Waals surface area contributed by atoms with Gasteiger partial charge in [-0.2, -0.15) is 0 Å². The molecule has 0 saturated heterocycles. The minimum absolute atomic E-state index is 0. The Morgan fingerprint density at radius 3 is 2.48 bits per heavy atom. The maximum atomic E-state index is 12.2. The van der Waals surface area contributed by atoms with Crippen LogP contribution in [-0.4, -0.2) is 18.5 Å². The summed E-state index contributed by atoms with van der Waals surface area (Å²) >= 11 is 0. The van der Waals surface area contributed by atoms with Crippen molar-refractivity contribution in [3.8, 4) is 0 Å². The van der Waals surface area contributed by atoms with Gasteiger partial charge in [0.1, 0.15) is 0 Å². The number of para-hydroxylation sites is 1. The number of amides is 1. The average Bonchev–Trinajstić information content (AvgIpc) is 2.59. The van der Waals surface area contributed by atoms with Crippen molar-refractivity contribution in [3.63, 3.8) is 0 Å². The van der Waals surface area contributed by atoms with Gasteiger partial charge in [0.25, 0.3) is 5.91 Å².